The summed E-state index contributed by atoms with van der Waals surface area (Å²) in [6.07, 6.45) is 0. The molecule has 5 aromatic carbocycles. The van der Waals surface area contributed by atoms with Gasteiger partial charge in [0, 0.05) is 15.4 Å². The summed E-state index contributed by atoms with van der Waals surface area (Å²) in [5.74, 6) is 0. The quantitative estimate of drug-likeness (QED) is 0.0701. The minimum atomic E-state index is -6.09. The van der Waals surface area contributed by atoms with Gasteiger partial charge in [-0.3, -0.25) is 0 Å². The molecule has 0 amide bonds. The van der Waals surface area contributed by atoms with Crippen molar-refractivity contribution in [2.45, 2.75) is 42.4 Å². The minimum absolute atomic E-state index is 0.0996. The van der Waals surface area contributed by atoms with Crippen LogP contribution in [0.2, 0.25) is 0 Å². The normalized spacial score (nSPS) is 12.0. The summed E-state index contributed by atoms with van der Waals surface area (Å²) in [6, 6.07) is 48.7. The van der Waals surface area contributed by atoms with E-state index in [1.807, 2.05) is 11.8 Å². The van der Waals surface area contributed by atoms with E-state index in [0.29, 0.717) is 0 Å². The van der Waals surface area contributed by atoms with Crippen molar-refractivity contribution in [3.8, 4) is 0 Å². The van der Waals surface area contributed by atoms with Crippen LogP contribution in [0.1, 0.15) is 5.56 Å². The van der Waals surface area contributed by atoms with Crippen molar-refractivity contribution in [2.24, 2.45) is 0 Å². The Balaban J connectivity index is 0.000000352. The number of hydrogen-bond acceptors (Lipinski definition) is 7. The smallest absolute Gasteiger partial charge is 0.485 e. The Labute approximate surface area is 303 Å². The summed E-state index contributed by atoms with van der Waals surface area (Å²) >= 11 is 1.70. The summed E-state index contributed by atoms with van der Waals surface area (Å²) in [7, 11) is -12.3. The van der Waals surface area contributed by atoms with E-state index in [0.717, 1.165) is 0 Å². The highest BCUT2D eigenvalue weighted by molar-refractivity contribution is 7.99. The molecule has 50 heavy (non-hydrogen) atoms. The van der Waals surface area contributed by atoms with Crippen LogP contribution in [0.15, 0.2) is 158 Å². The second-order valence-electron chi connectivity index (χ2n) is 9.60. The van der Waals surface area contributed by atoms with Crippen molar-refractivity contribution >= 4 is 42.9 Å². The van der Waals surface area contributed by atoms with Crippen LogP contribution in [0.5, 0.6) is 0 Å². The van der Waals surface area contributed by atoms with Gasteiger partial charge in [0.15, 0.2) is 42.1 Å². The van der Waals surface area contributed by atoms with Crippen LogP contribution in [0, 0.1) is 14.1 Å². The number of aryl methyl sites for hydroxylation is 1. The van der Waals surface area contributed by atoms with Gasteiger partial charge in [0.1, 0.15) is 0 Å². The molecule has 0 radical (unpaired) electrons. The van der Waals surface area contributed by atoms with E-state index in [-0.39, 0.29) is 32.1 Å². The third-order valence-electron chi connectivity index (χ3n) is 5.92. The molecular formula is C33H25F6IO6S4. The molecule has 0 aliphatic heterocycles. The van der Waals surface area contributed by atoms with E-state index in [1.54, 1.807) is 0 Å². The van der Waals surface area contributed by atoms with Crippen molar-refractivity contribution in [2.75, 3.05) is 0 Å². The summed E-state index contributed by atoms with van der Waals surface area (Å²) in [5, 5.41) is 0. The van der Waals surface area contributed by atoms with Crippen molar-refractivity contribution in [3.05, 3.63) is 146 Å². The zero-order valence-electron chi connectivity index (χ0n) is 25.4. The summed E-state index contributed by atoms with van der Waals surface area (Å²) in [5.41, 5.74) is -9.89. The Hall–Kier alpha value is -3.07. The molecule has 0 spiro atoms. The summed E-state index contributed by atoms with van der Waals surface area (Å²) < 4.78 is 121. The van der Waals surface area contributed by atoms with E-state index in [4.69, 9.17) is 25.9 Å². The first-order valence-electron chi connectivity index (χ1n) is 13.7. The van der Waals surface area contributed by atoms with E-state index in [9.17, 15) is 26.3 Å². The molecular weight excluding hydrogens is 862 g/mol. The predicted octanol–water partition coefficient (Wildman–Crippen LogP) is 5.47. The second-order valence-corrected chi connectivity index (χ2v) is 18.5. The van der Waals surface area contributed by atoms with Gasteiger partial charge in [0.2, 0.25) is 0 Å². The number of benzene rings is 5. The van der Waals surface area contributed by atoms with E-state index in [2.05, 4.69) is 140 Å². The number of halogens is 7. The molecule has 0 atom stereocenters. The fourth-order valence-corrected chi connectivity index (χ4v) is 8.92. The van der Waals surface area contributed by atoms with Crippen molar-refractivity contribution in [1.82, 2.24) is 0 Å². The summed E-state index contributed by atoms with van der Waals surface area (Å²) in [4.78, 5) is 6.61. The maximum absolute atomic E-state index is 10.7. The standard InChI is InChI=1S/C31H25IS2.2CHF3O3S/c1-24-10-8-9-15-31(24)32-25-16-18-26(19-17-25)33-27-20-22-30(23-21-27)34(28-11-4-2-5-12-28)29-13-6-3-7-14-29;2*2-1(3,4)8(5,6)7/h2-23H,1H3;2*(H,5,6,7)/q+2;;/p-2. The molecule has 0 fully saturated rings. The maximum Gasteiger partial charge on any atom is 0.485 e. The van der Waals surface area contributed by atoms with Gasteiger partial charge in [-0.15, -0.1) is 0 Å². The topological polar surface area (TPSA) is 114 Å². The Kier molecular flexibility index (Phi) is 14.8. The van der Waals surface area contributed by atoms with Crippen LogP contribution in [0.3, 0.4) is 0 Å². The molecule has 0 aliphatic carbocycles. The van der Waals surface area contributed by atoms with Crippen molar-refractivity contribution in [3.63, 3.8) is 0 Å². The first kappa shape index (κ1) is 41.4. The Morgan fingerprint density at radius 1 is 0.540 bits per heavy atom. The zero-order valence-corrected chi connectivity index (χ0v) is 30.9. The van der Waals surface area contributed by atoms with Crippen LogP contribution in [0.25, 0.3) is 0 Å². The van der Waals surface area contributed by atoms with Crippen LogP contribution in [-0.2, 0) is 31.1 Å². The van der Waals surface area contributed by atoms with E-state index >= 15 is 0 Å². The van der Waals surface area contributed by atoms with Gasteiger partial charge in [-0.2, -0.15) is 26.3 Å². The van der Waals surface area contributed by atoms with Crippen LogP contribution in [-0.4, -0.2) is 37.0 Å². The van der Waals surface area contributed by atoms with E-state index in [1.165, 1.54) is 37.2 Å². The lowest BCUT2D eigenvalue weighted by Crippen LogP contribution is -3.61. The highest BCUT2D eigenvalue weighted by Gasteiger charge is 2.37. The van der Waals surface area contributed by atoms with Crippen molar-refractivity contribution in [1.29, 1.82) is 0 Å². The Bertz CT molecular complexity index is 1950. The molecule has 0 unspecified atom stereocenters. The van der Waals surface area contributed by atoms with Crippen LogP contribution in [0.4, 0.5) is 26.3 Å². The lowest BCUT2D eigenvalue weighted by Gasteiger charge is -2.08. The molecule has 0 heterocycles. The van der Waals surface area contributed by atoms with Gasteiger partial charge in [-0.25, -0.2) is 16.8 Å². The number of rotatable bonds is 7. The average Bonchev–Trinajstić information content (AvgIpc) is 3.04. The third-order valence-corrected chi connectivity index (χ3v) is 13.4. The molecule has 266 valence electrons. The minimum Gasteiger partial charge on any atom is -0.741 e. The SMILES string of the molecule is Cc1ccccc1[I+]c1ccc(Sc2ccc([S+](c3ccccc3)c3ccccc3)cc2)cc1.O=S(=O)([O-])C(F)(F)F.O=S(=O)([O-])C(F)(F)F. The largest absolute Gasteiger partial charge is 0.741 e. The molecule has 17 heteroatoms. The van der Waals surface area contributed by atoms with Gasteiger partial charge in [-0.05, 0) is 85.8 Å². The fourth-order valence-electron chi connectivity index (χ4n) is 3.64. The Morgan fingerprint density at radius 3 is 1.26 bits per heavy atom. The van der Waals surface area contributed by atoms with Gasteiger partial charge >= 0.3 is 32.2 Å². The van der Waals surface area contributed by atoms with Gasteiger partial charge < -0.3 is 9.11 Å². The number of hydrogen-bond donors (Lipinski definition) is 0. The second kappa shape index (κ2) is 17.9. The molecule has 0 saturated heterocycles. The lowest BCUT2D eigenvalue weighted by molar-refractivity contribution is -0.598. The number of alkyl halides is 6. The molecule has 0 saturated carbocycles. The molecule has 0 bridgehead atoms. The molecule has 5 rings (SSSR count). The highest BCUT2D eigenvalue weighted by Crippen LogP contribution is 2.34. The van der Waals surface area contributed by atoms with Crippen LogP contribution < -0.4 is 21.2 Å². The van der Waals surface area contributed by atoms with Gasteiger partial charge in [0.25, 0.3) is 0 Å². The third kappa shape index (κ3) is 12.9. The van der Waals surface area contributed by atoms with Gasteiger partial charge in [0.05, 0.1) is 10.9 Å². The zero-order chi connectivity index (χ0) is 37.2. The van der Waals surface area contributed by atoms with Gasteiger partial charge in [-0.1, -0.05) is 66.4 Å². The van der Waals surface area contributed by atoms with Crippen LogP contribution >= 0.6 is 11.8 Å². The Morgan fingerprint density at radius 2 is 0.880 bits per heavy atom. The molecule has 0 aliphatic rings. The van der Waals surface area contributed by atoms with Crippen molar-refractivity contribution < 1.29 is 73.5 Å². The van der Waals surface area contributed by atoms with E-state index < -0.39 is 31.3 Å². The molecule has 0 N–H and O–H groups in total. The molecule has 6 nitrogen and oxygen atoms in total. The highest BCUT2D eigenvalue weighted by atomic mass is 127. The first-order valence-corrected chi connectivity index (χ1v) is 20.7. The molecule has 5 aromatic rings. The monoisotopic (exact) mass is 886 g/mol. The molecule has 0 aromatic heterocycles. The first-order chi connectivity index (χ1) is 23.3. The average molecular weight is 887 g/mol. The predicted molar refractivity (Wildman–Crippen MR) is 172 cm³/mol. The maximum atomic E-state index is 10.7. The lowest BCUT2D eigenvalue weighted by atomic mass is 10.2. The summed E-state index contributed by atoms with van der Waals surface area (Å²) in [6.45, 7) is 2.21. The fraction of sp³-hybridized carbons (Fsp3) is 0.0909.